The molecular weight excluding hydrogens is 354 g/mol. The third kappa shape index (κ3) is 3.11. The molecule has 28 heavy (non-hydrogen) atoms. The first-order valence-electron chi connectivity index (χ1n) is 9.44. The summed E-state index contributed by atoms with van der Waals surface area (Å²) in [4.78, 5) is 19.3. The van der Waals surface area contributed by atoms with Crippen LogP contribution in [-0.4, -0.2) is 41.8 Å². The molecule has 0 saturated heterocycles. The molecule has 0 spiro atoms. The molecule has 0 saturated carbocycles. The van der Waals surface area contributed by atoms with Crippen LogP contribution in [-0.2, 0) is 30.3 Å². The number of imidazole rings is 1. The molecule has 3 aromatic rings. The van der Waals surface area contributed by atoms with Crippen LogP contribution in [0.2, 0.25) is 0 Å². The summed E-state index contributed by atoms with van der Waals surface area (Å²) in [5.41, 5.74) is 1.89. The number of hydrogen-bond donors (Lipinski definition) is 1. The smallest absolute Gasteiger partial charge is 0.233 e. The number of carbonyl (C=O) groups is 1. The van der Waals surface area contributed by atoms with Gasteiger partial charge in [0.2, 0.25) is 5.91 Å². The maximum atomic E-state index is 13.2. The van der Waals surface area contributed by atoms with E-state index in [0.717, 1.165) is 11.3 Å². The van der Waals surface area contributed by atoms with Crippen molar-refractivity contribution in [3.63, 3.8) is 0 Å². The zero-order valence-corrected chi connectivity index (χ0v) is 16.4. The highest BCUT2D eigenvalue weighted by atomic mass is 16.3. The second-order valence-electron chi connectivity index (χ2n) is 7.80. The van der Waals surface area contributed by atoms with Gasteiger partial charge in [-0.1, -0.05) is 30.3 Å². The number of benzene rings is 1. The van der Waals surface area contributed by atoms with Crippen LogP contribution in [0.25, 0.3) is 0 Å². The van der Waals surface area contributed by atoms with Crippen molar-refractivity contribution in [2.75, 3.05) is 6.54 Å². The average Bonchev–Trinajstić information content (AvgIpc) is 3.33. The van der Waals surface area contributed by atoms with Crippen molar-refractivity contribution in [3.05, 3.63) is 71.6 Å². The fraction of sp³-hybridized carbons (Fsp3) is 0.381. The summed E-state index contributed by atoms with van der Waals surface area (Å²) in [5.74, 6) is 0.644. The van der Waals surface area contributed by atoms with Gasteiger partial charge >= 0.3 is 0 Å². The van der Waals surface area contributed by atoms with Crippen molar-refractivity contribution < 1.29 is 9.90 Å². The Morgan fingerprint density at radius 1 is 1.21 bits per heavy atom. The van der Waals surface area contributed by atoms with E-state index in [1.165, 1.54) is 0 Å². The van der Waals surface area contributed by atoms with E-state index in [4.69, 9.17) is 0 Å². The number of aliphatic hydroxyl groups excluding tert-OH is 1. The SMILES string of the molecule is Cn1ccnc1[C@@H](O)c1cc2n(n1)CCN(C(=O)C(C)(C)c1ccccc1)C2. The van der Waals surface area contributed by atoms with Crippen molar-refractivity contribution in [2.24, 2.45) is 7.05 Å². The Bertz CT molecular complexity index is 989. The van der Waals surface area contributed by atoms with E-state index in [2.05, 4.69) is 10.1 Å². The molecule has 1 atom stereocenters. The number of carbonyl (C=O) groups excluding carboxylic acids is 1. The molecule has 0 fully saturated rings. The van der Waals surface area contributed by atoms with Gasteiger partial charge in [-0.2, -0.15) is 5.10 Å². The van der Waals surface area contributed by atoms with Crippen LogP contribution in [0.3, 0.4) is 0 Å². The molecule has 1 aliphatic rings. The second-order valence-corrected chi connectivity index (χ2v) is 7.80. The van der Waals surface area contributed by atoms with Gasteiger partial charge in [0.25, 0.3) is 0 Å². The predicted octanol–water partition coefficient (Wildman–Crippen LogP) is 2.02. The first-order chi connectivity index (χ1) is 13.4. The van der Waals surface area contributed by atoms with Gasteiger partial charge < -0.3 is 14.6 Å². The highest BCUT2D eigenvalue weighted by molar-refractivity contribution is 5.87. The van der Waals surface area contributed by atoms with Gasteiger partial charge in [0.15, 0.2) is 6.10 Å². The average molecular weight is 379 g/mol. The Hall–Kier alpha value is -2.93. The fourth-order valence-electron chi connectivity index (χ4n) is 3.74. The van der Waals surface area contributed by atoms with E-state index in [0.29, 0.717) is 31.2 Å². The van der Waals surface area contributed by atoms with Crippen molar-refractivity contribution >= 4 is 5.91 Å². The van der Waals surface area contributed by atoms with Crippen LogP contribution >= 0.6 is 0 Å². The Morgan fingerprint density at radius 2 is 1.96 bits per heavy atom. The van der Waals surface area contributed by atoms with E-state index < -0.39 is 11.5 Å². The number of hydrogen-bond acceptors (Lipinski definition) is 4. The molecule has 1 N–H and O–H groups in total. The van der Waals surface area contributed by atoms with E-state index in [-0.39, 0.29) is 5.91 Å². The number of aliphatic hydroxyl groups is 1. The van der Waals surface area contributed by atoms with Gasteiger partial charge in [-0.3, -0.25) is 9.48 Å². The molecule has 7 heteroatoms. The predicted molar refractivity (Wildman–Crippen MR) is 104 cm³/mol. The second kappa shape index (κ2) is 6.91. The van der Waals surface area contributed by atoms with E-state index in [9.17, 15) is 9.90 Å². The van der Waals surface area contributed by atoms with Crippen LogP contribution in [0, 0.1) is 0 Å². The summed E-state index contributed by atoms with van der Waals surface area (Å²) in [5, 5.41) is 15.2. The summed E-state index contributed by atoms with van der Waals surface area (Å²) in [6.45, 7) is 5.62. The van der Waals surface area contributed by atoms with E-state index >= 15 is 0 Å². The van der Waals surface area contributed by atoms with Gasteiger partial charge in [-0.05, 0) is 25.5 Å². The topological polar surface area (TPSA) is 76.2 Å². The number of nitrogens with zero attached hydrogens (tertiary/aromatic N) is 5. The largest absolute Gasteiger partial charge is 0.379 e. The highest BCUT2D eigenvalue weighted by Crippen LogP contribution is 2.28. The van der Waals surface area contributed by atoms with Gasteiger partial charge in [0.05, 0.1) is 29.9 Å². The lowest BCUT2D eigenvalue weighted by Crippen LogP contribution is -2.46. The van der Waals surface area contributed by atoms with Crippen LogP contribution in [0.4, 0.5) is 0 Å². The van der Waals surface area contributed by atoms with Gasteiger partial charge in [0.1, 0.15) is 5.82 Å². The van der Waals surface area contributed by atoms with E-state index in [1.807, 2.05) is 66.9 Å². The van der Waals surface area contributed by atoms with Gasteiger partial charge in [-0.25, -0.2) is 4.98 Å². The minimum atomic E-state index is -0.886. The maximum absolute atomic E-state index is 13.2. The lowest BCUT2D eigenvalue weighted by Gasteiger charge is -2.34. The molecule has 3 heterocycles. The molecule has 146 valence electrons. The molecule has 1 amide bonds. The Kier molecular flexibility index (Phi) is 4.55. The monoisotopic (exact) mass is 379 g/mol. The summed E-state index contributed by atoms with van der Waals surface area (Å²) < 4.78 is 3.65. The quantitative estimate of drug-likeness (QED) is 0.752. The van der Waals surface area contributed by atoms with Crippen molar-refractivity contribution in [1.82, 2.24) is 24.2 Å². The molecular formula is C21H25N5O2. The number of amides is 1. The summed E-state index contributed by atoms with van der Waals surface area (Å²) in [7, 11) is 1.84. The molecule has 7 nitrogen and oxygen atoms in total. The van der Waals surface area contributed by atoms with E-state index in [1.54, 1.807) is 17.0 Å². The molecule has 1 aliphatic heterocycles. The summed E-state index contributed by atoms with van der Waals surface area (Å²) in [6, 6.07) is 11.7. The fourth-order valence-corrected chi connectivity index (χ4v) is 3.74. The normalized spacial score (nSPS) is 15.4. The summed E-state index contributed by atoms with van der Waals surface area (Å²) in [6.07, 6.45) is 2.56. The Labute approximate surface area is 164 Å². The third-order valence-corrected chi connectivity index (χ3v) is 5.52. The highest BCUT2D eigenvalue weighted by Gasteiger charge is 2.35. The summed E-state index contributed by atoms with van der Waals surface area (Å²) >= 11 is 0. The third-order valence-electron chi connectivity index (χ3n) is 5.52. The van der Waals surface area contributed by atoms with Crippen LogP contribution < -0.4 is 0 Å². The van der Waals surface area contributed by atoms with Crippen molar-refractivity contribution in [1.29, 1.82) is 0 Å². The molecule has 0 aliphatic carbocycles. The number of rotatable bonds is 4. The zero-order chi connectivity index (χ0) is 19.9. The zero-order valence-electron chi connectivity index (χ0n) is 16.4. The number of fused-ring (bicyclic) bond motifs is 1. The van der Waals surface area contributed by atoms with Crippen molar-refractivity contribution in [3.8, 4) is 0 Å². The minimum Gasteiger partial charge on any atom is -0.379 e. The minimum absolute atomic E-state index is 0.0948. The number of aryl methyl sites for hydroxylation is 1. The molecule has 4 rings (SSSR count). The van der Waals surface area contributed by atoms with Crippen LogP contribution in [0.15, 0.2) is 48.8 Å². The Morgan fingerprint density at radius 3 is 2.64 bits per heavy atom. The molecule has 0 unspecified atom stereocenters. The lowest BCUT2D eigenvalue weighted by atomic mass is 9.83. The van der Waals surface area contributed by atoms with Crippen LogP contribution in [0.1, 0.15) is 42.7 Å². The Balaban J connectivity index is 1.55. The van der Waals surface area contributed by atoms with Gasteiger partial charge in [-0.15, -0.1) is 0 Å². The number of aromatic nitrogens is 4. The first kappa shape index (κ1) is 18.4. The van der Waals surface area contributed by atoms with Crippen LogP contribution in [0.5, 0.6) is 0 Å². The van der Waals surface area contributed by atoms with Gasteiger partial charge in [0, 0.05) is 26.0 Å². The lowest BCUT2D eigenvalue weighted by molar-refractivity contribution is -0.137. The molecule has 1 aromatic carbocycles. The van der Waals surface area contributed by atoms with Crippen molar-refractivity contribution in [2.45, 2.75) is 38.5 Å². The maximum Gasteiger partial charge on any atom is 0.233 e. The molecule has 2 aromatic heterocycles. The molecule has 0 radical (unpaired) electrons. The first-order valence-corrected chi connectivity index (χ1v) is 9.44. The molecule has 0 bridgehead atoms. The standard InChI is InChI=1S/C21H25N5O2/c1-21(2,15-7-5-4-6-8-15)20(28)25-11-12-26-16(14-25)13-17(23-26)18(27)19-22-9-10-24(19)3/h4-10,13,18,27H,11-12,14H2,1-3H3/t18-/m0/s1.